The fraction of sp³-hybridized carbons (Fsp3) is 0.294. The van der Waals surface area contributed by atoms with Crippen molar-refractivity contribution >= 4 is 10.0 Å². The average molecular weight is 370 g/mol. The monoisotopic (exact) mass is 370 g/mol. The molecule has 4 heterocycles. The highest BCUT2D eigenvalue weighted by Gasteiger charge is 2.31. The van der Waals surface area contributed by atoms with Crippen molar-refractivity contribution in [2.24, 2.45) is 0 Å². The SMILES string of the molecule is O=S(=O)(c1cccnc1)N1CCC[C@H](c2cncc(-n3ccnc3)n2)C1. The molecule has 9 heteroatoms. The van der Waals surface area contributed by atoms with Gasteiger partial charge in [0.25, 0.3) is 0 Å². The predicted octanol–water partition coefficient (Wildman–Crippen LogP) is 1.63. The molecule has 4 rings (SSSR count). The first-order valence-corrected chi connectivity index (χ1v) is 9.79. The number of aromatic nitrogens is 5. The smallest absolute Gasteiger partial charge is 0.244 e. The highest BCUT2D eigenvalue weighted by Crippen LogP contribution is 2.29. The lowest BCUT2D eigenvalue weighted by molar-refractivity contribution is 0.312. The Bertz CT molecular complexity index is 976. The lowest BCUT2D eigenvalue weighted by Crippen LogP contribution is -2.39. The number of pyridine rings is 1. The molecule has 3 aromatic heterocycles. The van der Waals surface area contributed by atoms with E-state index in [1.807, 2.05) is 0 Å². The van der Waals surface area contributed by atoms with E-state index >= 15 is 0 Å². The van der Waals surface area contributed by atoms with Crippen LogP contribution in [0.3, 0.4) is 0 Å². The van der Waals surface area contributed by atoms with Gasteiger partial charge in [0.05, 0.1) is 11.9 Å². The van der Waals surface area contributed by atoms with Gasteiger partial charge in [0.1, 0.15) is 11.2 Å². The van der Waals surface area contributed by atoms with E-state index in [-0.39, 0.29) is 10.8 Å². The van der Waals surface area contributed by atoms with Gasteiger partial charge in [0.15, 0.2) is 5.82 Å². The molecule has 3 aromatic rings. The average Bonchev–Trinajstić information content (AvgIpc) is 3.24. The Hall–Kier alpha value is -2.65. The van der Waals surface area contributed by atoms with E-state index in [0.717, 1.165) is 18.5 Å². The molecule has 0 aliphatic carbocycles. The minimum atomic E-state index is -3.55. The van der Waals surface area contributed by atoms with Gasteiger partial charge >= 0.3 is 0 Å². The van der Waals surface area contributed by atoms with Gasteiger partial charge < -0.3 is 0 Å². The van der Waals surface area contributed by atoms with Gasteiger partial charge in [0, 0.05) is 50.0 Å². The van der Waals surface area contributed by atoms with Crippen molar-refractivity contribution in [3.05, 3.63) is 61.3 Å². The Morgan fingerprint density at radius 2 is 2.00 bits per heavy atom. The van der Waals surface area contributed by atoms with Crippen molar-refractivity contribution in [1.82, 2.24) is 28.8 Å². The Kier molecular flexibility index (Phi) is 4.48. The molecule has 134 valence electrons. The molecule has 1 fully saturated rings. The fourth-order valence-electron chi connectivity index (χ4n) is 3.14. The molecule has 1 aliphatic rings. The van der Waals surface area contributed by atoms with Gasteiger partial charge in [-0.05, 0) is 25.0 Å². The summed E-state index contributed by atoms with van der Waals surface area (Å²) in [5, 5.41) is 0. The Morgan fingerprint density at radius 1 is 1.08 bits per heavy atom. The minimum absolute atomic E-state index is 0.00571. The quantitative estimate of drug-likeness (QED) is 0.693. The van der Waals surface area contributed by atoms with E-state index in [1.165, 1.54) is 10.5 Å². The molecule has 0 N–H and O–H groups in total. The number of sulfonamides is 1. The van der Waals surface area contributed by atoms with Crippen molar-refractivity contribution in [1.29, 1.82) is 0 Å². The topological polar surface area (TPSA) is 93.9 Å². The van der Waals surface area contributed by atoms with Crippen molar-refractivity contribution in [3.8, 4) is 5.82 Å². The molecule has 26 heavy (non-hydrogen) atoms. The summed E-state index contributed by atoms with van der Waals surface area (Å²) in [6.07, 6.45) is 13.1. The molecule has 1 atom stereocenters. The summed E-state index contributed by atoms with van der Waals surface area (Å²) >= 11 is 0. The second-order valence-corrected chi connectivity index (χ2v) is 8.10. The normalized spacial score (nSPS) is 18.7. The summed E-state index contributed by atoms with van der Waals surface area (Å²) in [6.45, 7) is 0.891. The molecule has 0 radical (unpaired) electrons. The van der Waals surface area contributed by atoms with Gasteiger partial charge in [-0.2, -0.15) is 4.31 Å². The Balaban J connectivity index is 1.59. The van der Waals surface area contributed by atoms with E-state index < -0.39 is 10.0 Å². The van der Waals surface area contributed by atoms with Crippen LogP contribution < -0.4 is 0 Å². The molecule has 1 aliphatic heterocycles. The first-order chi connectivity index (χ1) is 12.6. The lowest BCUT2D eigenvalue weighted by atomic mass is 9.96. The van der Waals surface area contributed by atoms with Crippen LogP contribution in [0.15, 0.2) is 60.5 Å². The number of nitrogens with zero attached hydrogens (tertiary/aromatic N) is 6. The van der Waals surface area contributed by atoms with E-state index in [9.17, 15) is 8.42 Å². The summed E-state index contributed by atoms with van der Waals surface area (Å²) in [7, 11) is -3.55. The van der Waals surface area contributed by atoms with Gasteiger partial charge in [-0.3, -0.25) is 14.5 Å². The Labute approximate surface area is 151 Å². The third kappa shape index (κ3) is 3.23. The Morgan fingerprint density at radius 3 is 2.77 bits per heavy atom. The van der Waals surface area contributed by atoms with Crippen LogP contribution in [0.5, 0.6) is 0 Å². The molecule has 0 spiro atoms. The first-order valence-electron chi connectivity index (χ1n) is 8.35. The van der Waals surface area contributed by atoms with E-state index in [4.69, 9.17) is 0 Å². The zero-order chi connectivity index (χ0) is 18.0. The van der Waals surface area contributed by atoms with E-state index in [2.05, 4.69) is 19.9 Å². The van der Waals surface area contributed by atoms with Crippen LogP contribution in [0.25, 0.3) is 5.82 Å². The highest BCUT2D eigenvalue weighted by atomic mass is 32.2. The number of rotatable bonds is 4. The number of hydrogen-bond acceptors (Lipinski definition) is 6. The maximum Gasteiger partial charge on any atom is 0.244 e. The summed E-state index contributed by atoms with van der Waals surface area (Å²) in [5.41, 5.74) is 0.794. The van der Waals surface area contributed by atoms with Gasteiger partial charge in [0.2, 0.25) is 10.0 Å². The zero-order valence-corrected chi connectivity index (χ0v) is 14.8. The van der Waals surface area contributed by atoms with Crippen LogP contribution in [-0.2, 0) is 10.0 Å². The number of imidazole rings is 1. The first kappa shape index (κ1) is 16.8. The molecule has 1 saturated heterocycles. The molecule has 0 unspecified atom stereocenters. The molecule has 0 aromatic carbocycles. The maximum absolute atomic E-state index is 12.9. The van der Waals surface area contributed by atoms with Crippen LogP contribution >= 0.6 is 0 Å². The second-order valence-electron chi connectivity index (χ2n) is 6.16. The van der Waals surface area contributed by atoms with E-state index in [0.29, 0.717) is 18.9 Å². The molecule has 8 nitrogen and oxygen atoms in total. The third-order valence-corrected chi connectivity index (χ3v) is 6.33. The maximum atomic E-state index is 12.9. The number of piperidine rings is 1. The van der Waals surface area contributed by atoms with Crippen LogP contribution in [0, 0.1) is 0 Å². The van der Waals surface area contributed by atoms with E-state index in [1.54, 1.807) is 54.0 Å². The van der Waals surface area contributed by atoms with Crippen molar-refractivity contribution in [3.63, 3.8) is 0 Å². The van der Waals surface area contributed by atoms with Crippen LogP contribution in [0.2, 0.25) is 0 Å². The molecule has 0 bridgehead atoms. The number of hydrogen-bond donors (Lipinski definition) is 0. The predicted molar refractivity (Wildman–Crippen MR) is 94.1 cm³/mol. The molecule has 0 saturated carbocycles. The standard InChI is InChI=1S/C17H18N6O2S/c24-26(25,15-4-1-5-18-9-15)23-7-2-3-14(12-23)16-10-20-11-17(21-16)22-8-6-19-13-22/h1,4-6,8-11,13-14H,2-3,7,12H2/t14-/m0/s1. The lowest BCUT2D eigenvalue weighted by Gasteiger charge is -2.31. The van der Waals surface area contributed by atoms with Gasteiger partial charge in [-0.25, -0.2) is 18.4 Å². The van der Waals surface area contributed by atoms with Gasteiger partial charge in [-0.15, -0.1) is 0 Å². The van der Waals surface area contributed by atoms with Crippen LogP contribution in [-0.4, -0.2) is 50.3 Å². The summed E-state index contributed by atoms with van der Waals surface area (Å²) in [5.74, 6) is 0.679. The zero-order valence-electron chi connectivity index (χ0n) is 14.0. The summed E-state index contributed by atoms with van der Waals surface area (Å²) < 4.78 is 29.0. The minimum Gasteiger partial charge on any atom is -0.289 e. The van der Waals surface area contributed by atoms with Crippen molar-refractivity contribution < 1.29 is 8.42 Å². The van der Waals surface area contributed by atoms with Gasteiger partial charge in [-0.1, -0.05) is 0 Å². The highest BCUT2D eigenvalue weighted by molar-refractivity contribution is 7.89. The third-order valence-electron chi connectivity index (χ3n) is 4.48. The van der Waals surface area contributed by atoms with Crippen LogP contribution in [0.4, 0.5) is 0 Å². The fourth-order valence-corrected chi connectivity index (χ4v) is 4.63. The van der Waals surface area contributed by atoms with Crippen LogP contribution in [0.1, 0.15) is 24.5 Å². The summed E-state index contributed by atoms with van der Waals surface area (Å²) in [4.78, 5) is 17.1. The molecule has 0 amide bonds. The second kappa shape index (κ2) is 6.93. The molecular weight excluding hydrogens is 352 g/mol. The molecular formula is C17H18N6O2S. The van der Waals surface area contributed by atoms with Crippen molar-refractivity contribution in [2.75, 3.05) is 13.1 Å². The largest absolute Gasteiger partial charge is 0.289 e. The summed E-state index contributed by atoms with van der Waals surface area (Å²) in [6, 6.07) is 3.21. The van der Waals surface area contributed by atoms with Crippen molar-refractivity contribution in [2.45, 2.75) is 23.7 Å².